The van der Waals surface area contributed by atoms with Crippen molar-refractivity contribution in [1.29, 1.82) is 0 Å². The highest BCUT2D eigenvalue weighted by Crippen LogP contribution is 2.24. The molecule has 1 saturated carbocycles. The molecule has 1 aromatic heterocycles. The number of rotatable bonds is 10. The number of carbonyl (C=O) groups excluding carboxylic acids is 1. The van der Waals surface area contributed by atoms with Crippen LogP contribution in [0.2, 0.25) is 0 Å². The SMILES string of the molecule is CCCn1c(CCC(=O)NC2CC2)nc2cc(S(=O)(=O)N(CC)CC)ccc21. The molecule has 7 nitrogen and oxygen atoms in total. The van der Waals surface area contributed by atoms with Crippen molar-refractivity contribution in [3.8, 4) is 0 Å². The molecule has 1 aromatic carbocycles. The molecule has 8 heteroatoms. The average molecular weight is 407 g/mol. The zero-order chi connectivity index (χ0) is 20.3. The van der Waals surface area contributed by atoms with Gasteiger partial charge in [0.05, 0.1) is 15.9 Å². The van der Waals surface area contributed by atoms with Gasteiger partial charge >= 0.3 is 0 Å². The Morgan fingerprint density at radius 2 is 1.96 bits per heavy atom. The Morgan fingerprint density at radius 1 is 1.25 bits per heavy atom. The lowest BCUT2D eigenvalue weighted by Gasteiger charge is -2.18. The van der Waals surface area contributed by atoms with Gasteiger partial charge in [0.15, 0.2) is 0 Å². The van der Waals surface area contributed by atoms with Gasteiger partial charge in [0.25, 0.3) is 0 Å². The zero-order valence-corrected chi connectivity index (χ0v) is 17.8. The van der Waals surface area contributed by atoms with Gasteiger partial charge in [0.2, 0.25) is 15.9 Å². The summed E-state index contributed by atoms with van der Waals surface area (Å²) in [4.78, 5) is 17.0. The van der Waals surface area contributed by atoms with E-state index in [-0.39, 0.29) is 10.8 Å². The predicted molar refractivity (Wildman–Crippen MR) is 110 cm³/mol. The van der Waals surface area contributed by atoms with E-state index in [0.29, 0.717) is 37.5 Å². The highest BCUT2D eigenvalue weighted by molar-refractivity contribution is 7.89. The Morgan fingerprint density at radius 3 is 2.57 bits per heavy atom. The van der Waals surface area contributed by atoms with Gasteiger partial charge in [-0.05, 0) is 37.5 Å². The second kappa shape index (κ2) is 8.61. The molecular formula is C20H30N4O3S. The van der Waals surface area contributed by atoms with Crippen molar-refractivity contribution in [2.24, 2.45) is 0 Å². The van der Waals surface area contributed by atoms with Gasteiger partial charge in [-0.3, -0.25) is 4.79 Å². The molecule has 1 aliphatic rings. The molecule has 0 radical (unpaired) electrons. The van der Waals surface area contributed by atoms with Crippen molar-refractivity contribution in [3.63, 3.8) is 0 Å². The molecule has 0 atom stereocenters. The number of nitrogens with one attached hydrogen (secondary N) is 1. The molecule has 1 amide bonds. The van der Waals surface area contributed by atoms with Gasteiger partial charge in [0.1, 0.15) is 5.82 Å². The van der Waals surface area contributed by atoms with E-state index in [1.165, 1.54) is 4.31 Å². The Bertz CT molecular complexity index is 944. The molecule has 1 heterocycles. The first-order valence-corrected chi connectivity index (χ1v) is 11.6. The molecule has 28 heavy (non-hydrogen) atoms. The molecule has 0 spiro atoms. The monoisotopic (exact) mass is 406 g/mol. The number of aromatic nitrogens is 2. The van der Waals surface area contributed by atoms with E-state index in [4.69, 9.17) is 0 Å². The lowest BCUT2D eigenvalue weighted by atomic mass is 10.2. The molecule has 0 saturated heterocycles. The summed E-state index contributed by atoms with van der Waals surface area (Å²) in [6.07, 6.45) is 4.03. The molecule has 1 fully saturated rings. The number of amides is 1. The topological polar surface area (TPSA) is 84.3 Å². The van der Waals surface area contributed by atoms with Gasteiger partial charge in [-0.15, -0.1) is 0 Å². The van der Waals surface area contributed by atoms with Crippen molar-refractivity contribution in [2.75, 3.05) is 13.1 Å². The minimum absolute atomic E-state index is 0.0578. The number of hydrogen-bond acceptors (Lipinski definition) is 4. The normalized spacial score (nSPS) is 14.7. The van der Waals surface area contributed by atoms with Crippen LogP contribution in [0.15, 0.2) is 23.1 Å². The highest BCUT2D eigenvalue weighted by Gasteiger charge is 2.24. The third-order valence-corrected chi connectivity index (χ3v) is 7.15. The maximum absolute atomic E-state index is 12.8. The fraction of sp³-hybridized carbons (Fsp3) is 0.600. The lowest BCUT2D eigenvalue weighted by molar-refractivity contribution is -0.121. The molecular weight excluding hydrogens is 376 g/mol. The Labute approximate surface area is 167 Å². The number of nitrogens with zero attached hydrogens (tertiary/aromatic N) is 3. The summed E-state index contributed by atoms with van der Waals surface area (Å²) < 4.78 is 29.2. The van der Waals surface area contributed by atoms with Crippen LogP contribution >= 0.6 is 0 Å². The number of aryl methyl sites for hydroxylation is 2. The highest BCUT2D eigenvalue weighted by atomic mass is 32.2. The molecule has 3 rings (SSSR count). The lowest BCUT2D eigenvalue weighted by Crippen LogP contribution is -2.30. The quantitative estimate of drug-likeness (QED) is 0.657. The van der Waals surface area contributed by atoms with Crippen LogP contribution in [0, 0.1) is 0 Å². The Kier molecular flexibility index (Phi) is 6.40. The minimum Gasteiger partial charge on any atom is -0.353 e. The third kappa shape index (κ3) is 4.38. The summed E-state index contributed by atoms with van der Waals surface area (Å²) in [5, 5.41) is 3.00. The number of fused-ring (bicyclic) bond motifs is 1. The van der Waals surface area contributed by atoms with Crippen LogP contribution in [-0.2, 0) is 27.8 Å². The van der Waals surface area contributed by atoms with Crippen molar-refractivity contribution >= 4 is 27.0 Å². The van der Waals surface area contributed by atoms with Crippen LogP contribution in [0.25, 0.3) is 11.0 Å². The number of sulfonamides is 1. The van der Waals surface area contributed by atoms with Gasteiger partial charge < -0.3 is 9.88 Å². The first-order chi connectivity index (χ1) is 13.4. The summed E-state index contributed by atoms with van der Waals surface area (Å²) in [6, 6.07) is 5.51. The van der Waals surface area contributed by atoms with Crippen molar-refractivity contribution in [3.05, 3.63) is 24.0 Å². The second-order valence-corrected chi connectivity index (χ2v) is 9.20. The van der Waals surface area contributed by atoms with Crippen molar-refractivity contribution in [2.45, 2.75) is 70.4 Å². The smallest absolute Gasteiger partial charge is 0.243 e. The van der Waals surface area contributed by atoms with Crippen molar-refractivity contribution < 1.29 is 13.2 Å². The van der Waals surface area contributed by atoms with Crippen LogP contribution in [0.4, 0.5) is 0 Å². The average Bonchev–Trinajstić information content (AvgIpc) is 3.41. The molecule has 154 valence electrons. The van der Waals surface area contributed by atoms with E-state index >= 15 is 0 Å². The second-order valence-electron chi connectivity index (χ2n) is 7.26. The standard InChI is InChI=1S/C20H30N4O3S/c1-4-13-24-18-10-9-16(28(26,27)23(5-2)6-3)14-17(18)22-19(24)11-12-20(25)21-15-7-8-15/h9-10,14-15H,4-8,11-13H2,1-3H3,(H,21,25). The van der Waals surface area contributed by atoms with Gasteiger partial charge in [0, 0.05) is 38.5 Å². The predicted octanol–water partition coefficient (Wildman–Crippen LogP) is 2.69. The van der Waals surface area contributed by atoms with Crippen LogP contribution in [-0.4, -0.2) is 47.3 Å². The molecule has 0 aliphatic heterocycles. The van der Waals surface area contributed by atoms with Crippen LogP contribution < -0.4 is 5.32 Å². The molecule has 2 aromatic rings. The van der Waals surface area contributed by atoms with Gasteiger partial charge in [-0.2, -0.15) is 4.31 Å². The largest absolute Gasteiger partial charge is 0.353 e. The van der Waals surface area contributed by atoms with Gasteiger partial charge in [-0.1, -0.05) is 20.8 Å². The fourth-order valence-electron chi connectivity index (χ4n) is 3.45. The van der Waals surface area contributed by atoms with Gasteiger partial charge in [-0.25, -0.2) is 13.4 Å². The third-order valence-electron chi connectivity index (χ3n) is 5.11. The zero-order valence-electron chi connectivity index (χ0n) is 16.9. The van der Waals surface area contributed by atoms with E-state index in [1.54, 1.807) is 12.1 Å². The molecule has 1 N–H and O–H groups in total. The van der Waals surface area contributed by atoms with E-state index in [9.17, 15) is 13.2 Å². The number of hydrogen-bond donors (Lipinski definition) is 1. The molecule has 0 bridgehead atoms. The maximum atomic E-state index is 12.8. The van der Waals surface area contributed by atoms with E-state index in [0.717, 1.165) is 37.1 Å². The summed E-state index contributed by atoms with van der Waals surface area (Å²) >= 11 is 0. The molecule has 0 unspecified atom stereocenters. The van der Waals surface area contributed by atoms with Crippen LogP contribution in [0.3, 0.4) is 0 Å². The number of benzene rings is 1. The minimum atomic E-state index is -3.52. The summed E-state index contributed by atoms with van der Waals surface area (Å²) in [5.74, 6) is 0.891. The van der Waals surface area contributed by atoms with E-state index in [2.05, 4.69) is 21.8 Å². The van der Waals surface area contributed by atoms with Crippen LogP contribution in [0.1, 0.15) is 52.3 Å². The maximum Gasteiger partial charge on any atom is 0.243 e. The Hall–Kier alpha value is -1.93. The first kappa shape index (κ1) is 20.8. The van der Waals surface area contributed by atoms with E-state index in [1.807, 2.05) is 19.9 Å². The number of imidazole rings is 1. The van der Waals surface area contributed by atoms with E-state index < -0.39 is 10.0 Å². The summed E-state index contributed by atoms with van der Waals surface area (Å²) in [5.41, 5.74) is 1.58. The van der Waals surface area contributed by atoms with Crippen LogP contribution in [0.5, 0.6) is 0 Å². The first-order valence-electron chi connectivity index (χ1n) is 10.2. The molecule has 1 aliphatic carbocycles. The fourth-order valence-corrected chi connectivity index (χ4v) is 4.93. The summed E-state index contributed by atoms with van der Waals surface area (Å²) in [6.45, 7) is 7.42. The summed E-state index contributed by atoms with van der Waals surface area (Å²) in [7, 11) is -3.52. The van der Waals surface area contributed by atoms with Crippen molar-refractivity contribution in [1.82, 2.24) is 19.2 Å². The Balaban J connectivity index is 1.89. The number of carbonyl (C=O) groups is 1.